The zero-order valence-corrected chi connectivity index (χ0v) is 19.7. The summed E-state index contributed by atoms with van der Waals surface area (Å²) in [5.74, 6) is -0.855. The van der Waals surface area contributed by atoms with Gasteiger partial charge < -0.3 is 25.5 Å². The van der Waals surface area contributed by atoms with Crippen LogP contribution in [0, 0.1) is 0 Å². The fourth-order valence-corrected chi connectivity index (χ4v) is 5.21. The molecular formula is C25H29ClN4O4. The molecule has 2 saturated heterocycles. The number of carbonyl (C=O) groups excluding carboxylic acids is 3. The number of aliphatic hydroxyl groups excluding tert-OH is 1. The van der Waals surface area contributed by atoms with E-state index in [2.05, 4.69) is 0 Å². The molecule has 1 atom stereocenters. The number of β-amino-alcohol motifs (C(OH)–C–C–N with tert-alkyl or cyclic N) is 1. The maximum atomic E-state index is 13.6. The van der Waals surface area contributed by atoms with Crippen LogP contribution in [0.4, 0.5) is 5.69 Å². The Morgan fingerprint density at radius 2 is 1.71 bits per heavy atom. The van der Waals surface area contributed by atoms with Gasteiger partial charge in [-0.2, -0.15) is 0 Å². The number of nitrogens with two attached hydrogens (primary N) is 1. The highest BCUT2D eigenvalue weighted by Gasteiger charge is 2.59. The van der Waals surface area contributed by atoms with Crippen LogP contribution in [-0.2, 0) is 20.8 Å². The largest absolute Gasteiger partial charge is 0.395 e. The van der Waals surface area contributed by atoms with Gasteiger partial charge in [-0.25, -0.2) is 0 Å². The van der Waals surface area contributed by atoms with Crippen molar-refractivity contribution in [2.24, 2.45) is 5.73 Å². The number of halogens is 1. The first-order chi connectivity index (χ1) is 16.4. The number of hydrogen-bond donors (Lipinski definition) is 2. The van der Waals surface area contributed by atoms with Crippen LogP contribution in [0.15, 0.2) is 54.6 Å². The topological polar surface area (TPSA) is 107 Å². The molecule has 180 valence electrons. The number of primary amides is 1. The van der Waals surface area contributed by atoms with E-state index < -0.39 is 17.6 Å². The first kappa shape index (κ1) is 24.0. The minimum atomic E-state index is -0.997. The van der Waals surface area contributed by atoms with Gasteiger partial charge in [0, 0.05) is 36.8 Å². The number of nitrogens with zero attached hydrogens (tertiary/aromatic N) is 3. The summed E-state index contributed by atoms with van der Waals surface area (Å²) in [6.45, 7) is 0.532. The average Bonchev–Trinajstić information content (AvgIpc) is 3.08. The second-order valence-electron chi connectivity index (χ2n) is 8.74. The number of carbonyl (C=O) groups is 3. The number of aryl methyl sites for hydroxylation is 1. The molecule has 3 amide bonds. The highest BCUT2D eigenvalue weighted by molar-refractivity contribution is 6.30. The minimum absolute atomic E-state index is 0.0151. The number of rotatable bonds is 7. The smallest absolute Gasteiger partial charge is 0.261 e. The van der Waals surface area contributed by atoms with Crippen LogP contribution >= 0.6 is 11.6 Å². The summed E-state index contributed by atoms with van der Waals surface area (Å²) in [4.78, 5) is 44.0. The SMILES string of the molecule is NC(=O)[C@H]1N(CCO)C(=O)C2(CCN(C(=O)CCc3ccc(Cl)cc3)CC2)N1c1ccccc1. The lowest BCUT2D eigenvalue weighted by Crippen LogP contribution is -2.59. The van der Waals surface area contributed by atoms with Crippen LogP contribution < -0.4 is 10.6 Å². The van der Waals surface area contributed by atoms with Crippen molar-refractivity contribution in [2.45, 2.75) is 37.4 Å². The maximum Gasteiger partial charge on any atom is 0.261 e. The van der Waals surface area contributed by atoms with E-state index in [0.29, 0.717) is 49.5 Å². The molecule has 0 aromatic heterocycles. The lowest BCUT2D eigenvalue weighted by molar-refractivity contribution is -0.140. The average molecular weight is 485 g/mol. The molecule has 0 saturated carbocycles. The van der Waals surface area contributed by atoms with Crippen LogP contribution in [0.3, 0.4) is 0 Å². The first-order valence-electron chi connectivity index (χ1n) is 11.5. The fraction of sp³-hybridized carbons (Fsp3) is 0.400. The van der Waals surface area contributed by atoms with Crippen molar-refractivity contribution in [3.63, 3.8) is 0 Å². The van der Waals surface area contributed by atoms with Gasteiger partial charge in [-0.1, -0.05) is 41.9 Å². The molecule has 1 spiro atoms. The summed E-state index contributed by atoms with van der Waals surface area (Å²) < 4.78 is 0. The Morgan fingerprint density at radius 1 is 1.06 bits per heavy atom. The quantitative estimate of drug-likeness (QED) is 0.623. The fourth-order valence-electron chi connectivity index (χ4n) is 5.09. The number of aliphatic hydroxyl groups is 1. The Balaban J connectivity index is 1.53. The standard InChI is InChI=1S/C25H29ClN4O4/c26-19-9-6-18(7-10-19)8-11-21(32)28-14-12-25(13-15-28)24(34)29(16-17-31)23(22(27)33)30(25)20-4-2-1-3-5-20/h1-7,9-10,23,31H,8,11-17H2,(H2,27,33)/t23-/m0/s1. The molecule has 2 aromatic carbocycles. The van der Waals surface area contributed by atoms with Gasteiger partial charge in [0.1, 0.15) is 5.54 Å². The van der Waals surface area contributed by atoms with Crippen molar-refractivity contribution in [3.05, 3.63) is 65.2 Å². The summed E-state index contributed by atoms with van der Waals surface area (Å²) in [5.41, 5.74) is 6.50. The van der Waals surface area contributed by atoms with E-state index in [9.17, 15) is 19.5 Å². The summed E-state index contributed by atoms with van der Waals surface area (Å²) in [5, 5.41) is 10.2. The van der Waals surface area contributed by atoms with Gasteiger partial charge in [0.05, 0.1) is 6.61 Å². The molecule has 3 N–H and O–H groups in total. The van der Waals surface area contributed by atoms with Crippen LogP contribution in [0.2, 0.25) is 5.02 Å². The van der Waals surface area contributed by atoms with Crippen molar-refractivity contribution < 1.29 is 19.5 Å². The Morgan fingerprint density at radius 3 is 2.29 bits per heavy atom. The number of piperidine rings is 1. The van der Waals surface area contributed by atoms with Crippen molar-refractivity contribution >= 4 is 35.0 Å². The van der Waals surface area contributed by atoms with E-state index >= 15 is 0 Å². The van der Waals surface area contributed by atoms with Gasteiger partial charge in [0.15, 0.2) is 6.17 Å². The summed E-state index contributed by atoms with van der Waals surface area (Å²) in [6.07, 6.45) is 0.735. The van der Waals surface area contributed by atoms with Crippen molar-refractivity contribution in [1.82, 2.24) is 9.80 Å². The summed E-state index contributed by atoms with van der Waals surface area (Å²) in [7, 11) is 0. The normalized spacial score (nSPS) is 19.6. The van der Waals surface area contributed by atoms with E-state index in [1.54, 1.807) is 9.80 Å². The Labute approximate surface area is 203 Å². The lowest BCUT2D eigenvalue weighted by Gasteiger charge is -2.44. The number of anilines is 1. The zero-order valence-electron chi connectivity index (χ0n) is 18.9. The van der Waals surface area contributed by atoms with Crippen LogP contribution in [0.25, 0.3) is 0 Å². The van der Waals surface area contributed by atoms with Crippen molar-refractivity contribution in [1.29, 1.82) is 0 Å². The second-order valence-corrected chi connectivity index (χ2v) is 9.18. The molecule has 2 aromatic rings. The molecule has 4 rings (SSSR count). The van der Waals surface area contributed by atoms with Crippen molar-refractivity contribution in [2.75, 3.05) is 31.1 Å². The third-order valence-electron chi connectivity index (χ3n) is 6.77. The Kier molecular flexibility index (Phi) is 7.09. The Bertz CT molecular complexity index is 1040. The molecule has 9 heteroatoms. The Hall–Kier alpha value is -3.10. The van der Waals surface area contributed by atoms with Crippen LogP contribution in [0.5, 0.6) is 0 Å². The van der Waals surface area contributed by atoms with Gasteiger partial charge in [-0.05, 0) is 49.1 Å². The first-order valence-corrected chi connectivity index (χ1v) is 11.8. The van der Waals surface area contributed by atoms with Gasteiger partial charge in [0.2, 0.25) is 5.91 Å². The number of likely N-dealkylation sites (tertiary alicyclic amines) is 1. The third kappa shape index (κ3) is 4.48. The number of hydrogen-bond acceptors (Lipinski definition) is 5. The zero-order chi connectivity index (χ0) is 24.3. The predicted molar refractivity (Wildman–Crippen MR) is 129 cm³/mol. The lowest BCUT2D eigenvalue weighted by atomic mass is 9.85. The third-order valence-corrected chi connectivity index (χ3v) is 7.03. The van der Waals surface area contributed by atoms with E-state index in [0.717, 1.165) is 5.56 Å². The summed E-state index contributed by atoms with van der Waals surface area (Å²) in [6, 6.07) is 16.7. The van der Waals surface area contributed by atoms with Gasteiger partial charge in [0.25, 0.3) is 11.8 Å². The van der Waals surface area contributed by atoms with Crippen LogP contribution in [-0.4, -0.2) is 70.6 Å². The molecule has 2 aliphatic heterocycles. The molecular weight excluding hydrogens is 456 g/mol. The van der Waals surface area contributed by atoms with E-state index in [1.807, 2.05) is 54.6 Å². The van der Waals surface area contributed by atoms with Gasteiger partial charge >= 0.3 is 0 Å². The molecule has 8 nitrogen and oxygen atoms in total. The predicted octanol–water partition coefficient (Wildman–Crippen LogP) is 1.79. The van der Waals surface area contributed by atoms with E-state index in [4.69, 9.17) is 17.3 Å². The number of para-hydroxylation sites is 1. The van der Waals surface area contributed by atoms with Gasteiger partial charge in [-0.15, -0.1) is 0 Å². The van der Waals surface area contributed by atoms with Crippen molar-refractivity contribution in [3.8, 4) is 0 Å². The number of benzene rings is 2. The van der Waals surface area contributed by atoms with Crippen LogP contribution in [0.1, 0.15) is 24.8 Å². The van der Waals surface area contributed by atoms with Gasteiger partial charge in [-0.3, -0.25) is 14.4 Å². The molecule has 2 aliphatic rings. The molecule has 34 heavy (non-hydrogen) atoms. The molecule has 0 bridgehead atoms. The summed E-state index contributed by atoms with van der Waals surface area (Å²) >= 11 is 5.93. The molecule has 0 aliphatic carbocycles. The monoisotopic (exact) mass is 484 g/mol. The highest BCUT2D eigenvalue weighted by Crippen LogP contribution is 2.42. The molecule has 2 fully saturated rings. The second kappa shape index (κ2) is 10.0. The maximum absolute atomic E-state index is 13.6. The molecule has 0 unspecified atom stereocenters. The van der Waals surface area contributed by atoms with E-state index in [-0.39, 0.29) is 25.0 Å². The highest BCUT2D eigenvalue weighted by atomic mass is 35.5. The molecule has 2 heterocycles. The molecule has 0 radical (unpaired) electrons. The number of amides is 3. The minimum Gasteiger partial charge on any atom is -0.395 e. The van der Waals surface area contributed by atoms with E-state index in [1.165, 1.54) is 4.90 Å².